The molecule has 0 saturated heterocycles. The monoisotopic (exact) mass is 326 g/mol. The highest BCUT2D eigenvalue weighted by molar-refractivity contribution is 6.13. The molecule has 0 atom stereocenters. The van der Waals surface area contributed by atoms with Crippen LogP contribution >= 0.6 is 0 Å². The van der Waals surface area contributed by atoms with Gasteiger partial charge in [0.05, 0.1) is 11.8 Å². The number of halogens is 3. The molecule has 122 valence electrons. The Balaban J connectivity index is 1.92. The number of anilines is 1. The molecule has 1 aromatic heterocycles. The molecule has 1 aliphatic rings. The maximum absolute atomic E-state index is 12.6. The van der Waals surface area contributed by atoms with Crippen molar-refractivity contribution in [1.29, 1.82) is 0 Å². The first kappa shape index (κ1) is 15.4. The van der Waals surface area contributed by atoms with Gasteiger partial charge in [0.2, 0.25) is 0 Å². The molecule has 0 radical (unpaired) electrons. The summed E-state index contributed by atoms with van der Waals surface area (Å²) in [7, 11) is 1.51. The lowest BCUT2D eigenvalue weighted by molar-refractivity contribution is -0.274. The number of carbonyl (C=O) groups excluding carboxylic acids is 1. The molecule has 3 rings (SSSR count). The minimum Gasteiger partial charge on any atom is -0.406 e. The van der Waals surface area contributed by atoms with Gasteiger partial charge >= 0.3 is 6.36 Å². The molecule has 0 spiro atoms. The standard InChI is InChI=1S/C15H13F3N2O3/c1-19-12-6-9(22-15(16,17)18)4-5-10(12)13(21)11-7-20-23-14(11)8-2-3-8/h4-8,19H,2-3H2,1H3. The van der Waals surface area contributed by atoms with Crippen molar-refractivity contribution in [3.8, 4) is 5.75 Å². The van der Waals surface area contributed by atoms with Crippen molar-refractivity contribution in [3.05, 3.63) is 41.3 Å². The molecule has 0 bridgehead atoms. The number of benzene rings is 1. The first-order chi connectivity index (χ1) is 10.9. The minimum atomic E-state index is -4.79. The van der Waals surface area contributed by atoms with Crippen LogP contribution in [0.5, 0.6) is 5.75 Å². The van der Waals surface area contributed by atoms with E-state index in [1.165, 1.54) is 19.3 Å². The van der Waals surface area contributed by atoms with Gasteiger partial charge in [-0.05, 0) is 25.0 Å². The van der Waals surface area contributed by atoms with Gasteiger partial charge in [0.1, 0.15) is 5.75 Å². The van der Waals surface area contributed by atoms with Crippen molar-refractivity contribution in [2.45, 2.75) is 25.1 Å². The van der Waals surface area contributed by atoms with Crippen LogP contribution in [0.15, 0.2) is 28.9 Å². The van der Waals surface area contributed by atoms with E-state index < -0.39 is 12.1 Å². The Morgan fingerprint density at radius 2 is 2.09 bits per heavy atom. The highest BCUT2D eigenvalue weighted by Gasteiger charge is 2.34. The Bertz CT molecular complexity index is 736. The number of rotatable bonds is 5. The summed E-state index contributed by atoms with van der Waals surface area (Å²) in [6.07, 6.45) is -1.57. The van der Waals surface area contributed by atoms with Gasteiger partial charge in [0.25, 0.3) is 0 Å². The van der Waals surface area contributed by atoms with Crippen LogP contribution in [0.4, 0.5) is 18.9 Å². The highest BCUT2D eigenvalue weighted by Crippen LogP contribution is 2.42. The third-order valence-corrected chi connectivity index (χ3v) is 3.53. The van der Waals surface area contributed by atoms with E-state index in [1.54, 1.807) is 0 Å². The van der Waals surface area contributed by atoms with Gasteiger partial charge in [-0.25, -0.2) is 0 Å². The fourth-order valence-corrected chi connectivity index (χ4v) is 2.33. The van der Waals surface area contributed by atoms with E-state index in [2.05, 4.69) is 15.2 Å². The Kier molecular flexibility index (Phi) is 3.75. The molecule has 0 unspecified atom stereocenters. The number of alkyl halides is 3. The summed E-state index contributed by atoms with van der Waals surface area (Å²) in [5, 5.41) is 6.37. The zero-order valence-electron chi connectivity index (χ0n) is 12.1. The van der Waals surface area contributed by atoms with E-state index in [1.807, 2.05) is 0 Å². The second-order valence-electron chi connectivity index (χ2n) is 5.21. The molecule has 1 aromatic carbocycles. The lowest BCUT2D eigenvalue weighted by Gasteiger charge is -2.13. The van der Waals surface area contributed by atoms with Gasteiger partial charge in [-0.3, -0.25) is 4.79 Å². The molecule has 0 amide bonds. The Hall–Kier alpha value is -2.51. The molecule has 8 heteroatoms. The van der Waals surface area contributed by atoms with Gasteiger partial charge < -0.3 is 14.6 Å². The Morgan fingerprint density at radius 1 is 1.35 bits per heavy atom. The summed E-state index contributed by atoms with van der Waals surface area (Å²) in [5.41, 5.74) is 0.806. The van der Waals surface area contributed by atoms with Crippen LogP contribution in [0.3, 0.4) is 0 Å². The maximum Gasteiger partial charge on any atom is 0.573 e. The largest absolute Gasteiger partial charge is 0.573 e. The Morgan fingerprint density at radius 3 is 2.70 bits per heavy atom. The van der Waals surface area contributed by atoms with E-state index >= 15 is 0 Å². The quantitative estimate of drug-likeness (QED) is 0.848. The van der Waals surface area contributed by atoms with Crippen LogP contribution in [0.1, 0.15) is 40.4 Å². The van der Waals surface area contributed by atoms with Crippen LogP contribution in [0.25, 0.3) is 0 Å². The number of carbonyl (C=O) groups is 1. The highest BCUT2D eigenvalue weighted by atomic mass is 19.4. The van der Waals surface area contributed by atoms with Crippen LogP contribution in [-0.4, -0.2) is 24.3 Å². The van der Waals surface area contributed by atoms with Crippen LogP contribution < -0.4 is 10.1 Å². The van der Waals surface area contributed by atoms with Crippen molar-refractivity contribution in [1.82, 2.24) is 5.16 Å². The topological polar surface area (TPSA) is 64.4 Å². The fraction of sp³-hybridized carbons (Fsp3) is 0.333. The van der Waals surface area contributed by atoms with Gasteiger partial charge in [-0.15, -0.1) is 13.2 Å². The molecule has 5 nitrogen and oxygen atoms in total. The van der Waals surface area contributed by atoms with Crippen LogP contribution in [0, 0.1) is 0 Å². The first-order valence-corrected chi connectivity index (χ1v) is 6.96. The smallest absolute Gasteiger partial charge is 0.406 e. The summed E-state index contributed by atoms with van der Waals surface area (Å²) in [6.45, 7) is 0. The van der Waals surface area contributed by atoms with E-state index in [0.717, 1.165) is 25.0 Å². The number of nitrogens with one attached hydrogen (secondary N) is 1. The molecular formula is C15H13F3N2O3. The predicted octanol–water partition coefficient (Wildman–Crippen LogP) is 3.72. The summed E-state index contributed by atoms with van der Waals surface area (Å²) in [6, 6.07) is 3.52. The van der Waals surface area contributed by atoms with E-state index in [0.29, 0.717) is 11.3 Å². The van der Waals surface area contributed by atoms with Crippen molar-refractivity contribution >= 4 is 11.5 Å². The Labute approximate surface area is 129 Å². The SMILES string of the molecule is CNc1cc(OC(F)(F)F)ccc1C(=O)c1cnoc1C1CC1. The number of hydrogen-bond donors (Lipinski definition) is 1. The summed E-state index contributed by atoms with van der Waals surface area (Å²) in [5.74, 6) is -0.0165. The third kappa shape index (κ3) is 3.30. The van der Waals surface area contributed by atoms with E-state index in [-0.39, 0.29) is 23.0 Å². The van der Waals surface area contributed by atoms with Crippen molar-refractivity contribution in [2.24, 2.45) is 0 Å². The molecule has 1 heterocycles. The van der Waals surface area contributed by atoms with E-state index in [4.69, 9.17) is 4.52 Å². The lowest BCUT2D eigenvalue weighted by atomic mass is 10.0. The number of hydrogen-bond acceptors (Lipinski definition) is 5. The van der Waals surface area contributed by atoms with Crippen molar-refractivity contribution in [3.63, 3.8) is 0 Å². The molecule has 1 aliphatic carbocycles. The molecule has 1 N–H and O–H groups in total. The van der Waals surface area contributed by atoms with Gasteiger partial charge in [0, 0.05) is 30.3 Å². The summed E-state index contributed by atoms with van der Waals surface area (Å²) < 4.78 is 45.8. The van der Waals surface area contributed by atoms with Crippen molar-refractivity contribution in [2.75, 3.05) is 12.4 Å². The number of aromatic nitrogens is 1. The van der Waals surface area contributed by atoms with Crippen molar-refractivity contribution < 1.29 is 27.2 Å². The average molecular weight is 326 g/mol. The fourth-order valence-electron chi connectivity index (χ4n) is 2.33. The molecule has 23 heavy (non-hydrogen) atoms. The number of ketones is 1. The zero-order valence-corrected chi connectivity index (χ0v) is 12.1. The van der Waals surface area contributed by atoms with Gasteiger partial charge in [-0.2, -0.15) is 0 Å². The predicted molar refractivity (Wildman–Crippen MR) is 74.6 cm³/mol. The second kappa shape index (κ2) is 5.60. The molecular weight excluding hydrogens is 313 g/mol. The number of ether oxygens (including phenoxy) is 1. The average Bonchev–Trinajstić information content (AvgIpc) is 3.22. The molecule has 1 fully saturated rings. The molecule has 1 saturated carbocycles. The molecule has 2 aromatic rings. The summed E-state index contributed by atoms with van der Waals surface area (Å²) in [4.78, 5) is 12.6. The van der Waals surface area contributed by atoms with Gasteiger partial charge in [0.15, 0.2) is 11.5 Å². The first-order valence-electron chi connectivity index (χ1n) is 6.96. The second-order valence-corrected chi connectivity index (χ2v) is 5.21. The third-order valence-electron chi connectivity index (χ3n) is 3.53. The lowest BCUT2D eigenvalue weighted by Crippen LogP contribution is -2.17. The zero-order chi connectivity index (χ0) is 16.6. The minimum absolute atomic E-state index is 0.197. The summed E-state index contributed by atoms with van der Waals surface area (Å²) >= 11 is 0. The normalized spacial score (nSPS) is 14.6. The van der Waals surface area contributed by atoms with Gasteiger partial charge in [-0.1, -0.05) is 5.16 Å². The van der Waals surface area contributed by atoms with E-state index in [9.17, 15) is 18.0 Å². The molecule has 0 aliphatic heterocycles. The van der Waals surface area contributed by atoms with Crippen LogP contribution in [-0.2, 0) is 0 Å². The number of nitrogens with zero attached hydrogens (tertiary/aromatic N) is 1. The maximum atomic E-state index is 12.6. The van der Waals surface area contributed by atoms with Crippen LogP contribution in [0.2, 0.25) is 0 Å².